The van der Waals surface area contributed by atoms with Gasteiger partial charge in [-0.15, -0.1) is 11.3 Å². The van der Waals surface area contributed by atoms with Crippen molar-refractivity contribution in [2.24, 2.45) is 0 Å². The van der Waals surface area contributed by atoms with Gasteiger partial charge in [-0.05, 0) is 23.9 Å². The van der Waals surface area contributed by atoms with E-state index in [1.54, 1.807) is 17.4 Å². The highest BCUT2D eigenvalue weighted by atomic mass is 35.5. The summed E-state index contributed by atoms with van der Waals surface area (Å²) in [4.78, 5) is 9.66. The van der Waals surface area contributed by atoms with Crippen molar-refractivity contribution in [3.63, 3.8) is 0 Å². The molecule has 0 saturated carbocycles. The Labute approximate surface area is 91.6 Å². The summed E-state index contributed by atoms with van der Waals surface area (Å²) in [6.07, 6.45) is 0.876. The van der Waals surface area contributed by atoms with Crippen LogP contribution in [0.2, 0.25) is 5.15 Å². The minimum Gasteiger partial charge on any atom is -0.232 e. The lowest BCUT2D eigenvalue weighted by Gasteiger charge is -2.00. The first-order chi connectivity index (χ1) is 6.79. The Balaban J connectivity index is 2.48. The molecule has 0 fully saturated rings. The molecule has 2 nitrogen and oxygen atoms in total. The van der Waals surface area contributed by atoms with E-state index in [0.717, 1.165) is 22.8 Å². The van der Waals surface area contributed by atoms with Gasteiger partial charge in [0.25, 0.3) is 0 Å². The van der Waals surface area contributed by atoms with Gasteiger partial charge in [0.05, 0.1) is 4.88 Å². The molecule has 2 rings (SSSR count). The molecule has 14 heavy (non-hydrogen) atoms. The molecule has 2 aromatic rings. The van der Waals surface area contributed by atoms with E-state index in [0.29, 0.717) is 5.15 Å². The van der Waals surface area contributed by atoms with Crippen LogP contribution in [-0.2, 0) is 6.42 Å². The van der Waals surface area contributed by atoms with Crippen LogP contribution in [0.4, 0.5) is 0 Å². The molecule has 0 spiro atoms. The van der Waals surface area contributed by atoms with Crippen molar-refractivity contribution in [3.05, 3.63) is 34.4 Å². The summed E-state index contributed by atoms with van der Waals surface area (Å²) >= 11 is 7.52. The van der Waals surface area contributed by atoms with Crippen LogP contribution in [0.1, 0.15) is 12.6 Å². The van der Waals surface area contributed by atoms with Crippen molar-refractivity contribution < 1.29 is 0 Å². The van der Waals surface area contributed by atoms with Gasteiger partial charge >= 0.3 is 0 Å². The van der Waals surface area contributed by atoms with Crippen LogP contribution in [0.25, 0.3) is 10.7 Å². The third-order valence-electron chi connectivity index (χ3n) is 1.85. The minimum absolute atomic E-state index is 0.514. The summed E-state index contributed by atoms with van der Waals surface area (Å²) < 4.78 is 0. The maximum atomic E-state index is 5.90. The maximum Gasteiger partial charge on any atom is 0.171 e. The van der Waals surface area contributed by atoms with Crippen LogP contribution in [-0.4, -0.2) is 9.97 Å². The van der Waals surface area contributed by atoms with Gasteiger partial charge in [-0.2, -0.15) is 0 Å². The molecule has 0 aliphatic carbocycles. The number of hydrogen-bond donors (Lipinski definition) is 0. The third-order valence-corrected chi connectivity index (χ3v) is 2.91. The van der Waals surface area contributed by atoms with E-state index >= 15 is 0 Å². The largest absolute Gasteiger partial charge is 0.232 e. The summed E-state index contributed by atoms with van der Waals surface area (Å²) in [5.41, 5.74) is 0.980. The highest BCUT2D eigenvalue weighted by molar-refractivity contribution is 7.13. The highest BCUT2D eigenvalue weighted by Crippen LogP contribution is 2.22. The molecule has 2 heterocycles. The first kappa shape index (κ1) is 9.62. The fourth-order valence-electron chi connectivity index (χ4n) is 1.16. The molecule has 0 aromatic carbocycles. The molecule has 0 aliphatic rings. The van der Waals surface area contributed by atoms with Gasteiger partial charge in [-0.3, -0.25) is 0 Å². The summed E-state index contributed by atoms with van der Waals surface area (Å²) in [5.74, 6) is 0.726. The fraction of sp³-hybridized carbons (Fsp3) is 0.200. The van der Waals surface area contributed by atoms with Gasteiger partial charge in [0.1, 0.15) is 5.15 Å². The number of hydrogen-bond acceptors (Lipinski definition) is 3. The lowest BCUT2D eigenvalue weighted by molar-refractivity contribution is 1.01. The van der Waals surface area contributed by atoms with Crippen LogP contribution in [0, 0.1) is 0 Å². The van der Waals surface area contributed by atoms with Crippen LogP contribution in [0.3, 0.4) is 0 Å². The number of nitrogens with zero attached hydrogens (tertiary/aromatic N) is 2. The number of rotatable bonds is 2. The van der Waals surface area contributed by atoms with E-state index in [1.165, 1.54) is 0 Å². The molecule has 0 aliphatic heterocycles. The smallest absolute Gasteiger partial charge is 0.171 e. The summed E-state index contributed by atoms with van der Waals surface area (Å²) in [5, 5.41) is 2.52. The number of aromatic nitrogens is 2. The van der Waals surface area contributed by atoms with Gasteiger partial charge in [0.15, 0.2) is 5.82 Å². The van der Waals surface area contributed by atoms with E-state index in [4.69, 9.17) is 11.6 Å². The zero-order valence-corrected chi connectivity index (χ0v) is 9.27. The molecule has 72 valence electrons. The Bertz CT molecular complexity index is 426. The van der Waals surface area contributed by atoms with Gasteiger partial charge in [-0.25, -0.2) is 9.97 Å². The molecule has 2 aromatic heterocycles. The van der Waals surface area contributed by atoms with Crippen molar-refractivity contribution in [2.75, 3.05) is 0 Å². The van der Waals surface area contributed by atoms with E-state index < -0.39 is 0 Å². The topological polar surface area (TPSA) is 25.8 Å². The quantitative estimate of drug-likeness (QED) is 0.731. The second-order valence-electron chi connectivity index (χ2n) is 2.84. The average molecular weight is 225 g/mol. The minimum atomic E-state index is 0.514. The van der Waals surface area contributed by atoms with E-state index in [-0.39, 0.29) is 0 Å². The Morgan fingerprint density at radius 2 is 2.29 bits per heavy atom. The standard InChI is InChI=1S/C10H9ClN2S/c1-2-7-6-9(11)13-10(12-7)8-4-3-5-14-8/h3-6H,2H2,1H3. The summed E-state index contributed by atoms with van der Waals surface area (Å²) in [7, 11) is 0. The maximum absolute atomic E-state index is 5.90. The molecule has 0 unspecified atom stereocenters. The van der Waals surface area contributed by atoms with Crippen molar-refractivity contribution in [3.8, 4) is 10.7 Å². The zero-order chi connectivity index (χ0) is 9.97. The number of thiophene rings is 1. The Hall–Kier alpha value is -0.930. The SMILES string of the molecule is CCc1cc(Cl)nc(-c2cccs2)n1. The van der Waals surface area contributed by atoms with Crippen LogP contribution < -0.4 is 0 Å². The lowest BCUT2D eigenvalue weighted by atomic mass is 10.3. The van der Waals surface area contributed by atoms with E-state index in [1.807, 2.05) is 17.5 Å². The Morgan fingerprint density at radius 3 is 2.93 bits per heavy atom. The normalized spacial score (nSPS) is 10.4. The molecular formula is C10H9ClN2S. The van der Waals surface area contributed by atoms with Gasteiger partial charge in [0.2, 0.25) is 0 Å². The van der Waals surface area contributed by atoms with E-state index in [2.05, 4.69) is 16.9 Å². The van der Waals surface area contributed by atoms with E-state index in [9.17, 15) is 0 Å². The van der Waals surface area contributed by atoms with Crippen LogP contribution >= 0.6 is 22.9 Å². The predicted octanol–water partition coefficient (Wildman–Crippen LogP) is 3.42. The van der Waals surface area contributed by atoms with Crippen molar-refractivity contribution >= 4 is 22.9 Å². The predicted molar refractivity (Wildman–Crippen MR) is 59.7 cm³/mol. The molecule has 0 N–H and O–H groups in total. The first-order valence-corrected chi connectivity index (χ1v) is 5.62. The monoisotopic (exact) mass is 224 g/mol. The Kier molecular flexibility index (Phi) is 2.79. The van der Waals surface area contributed by atoms with Gasteiger partial charge in [-0.1, -0.05) is 24.6 Å². The van der Waals surface area contributed by atoms with Gasteiger partial charge in [0, 0.05) is 5.69 Å². The molecule has 0 radical (unpaired) electrons. The van der Waals surface area contributed by atoms with Crippen LogP contribution in [0.5, 0.6) is 0 Å². The van der Waals surface area contributed by atoms with Crippen molar-refractivity contribution in [1.29, 1.82) is 0 Å². The Morgan fingerprint density at radius 1 is 1.43 bits per heavy atom. The van der Waals surface area contributed by atoms with Gasteiger partial charge < -0.3 is 0 Å². The zero-order valence-electron chi connectivity index (χ0n) is 7.70. The molecule has 0 saturated heterocycles. The third kappa shape index (κ3) is 1.94. The van der Waals surface area contributed by atoms with Crippen molar-refractivity contribution in [1.82, 2.24) is 9.97 Å². The average Bonchev–Trinajstić information content (AvgIpc) is 2.69. The van der Waals surface area contributed by atoms with Crippen molar-refractivity contribution in [2.45, 2.75) is 13.3 Å². The molecule has 0 amide bonds. The fourth-order valence-corrected chi connectivity index (χ4v) is 2.02. The second-order valence-corrected chi connectivity index (χ2v) is 4.17. The van der Waals surface area contributed by atoms with Crippen LogP contribution in [0.15, 0.2) is 23.6 Å². The summed E-state index contributed by atoms with van der Waals surface area (Å²) in [6.45, 7) is 2.05. The first-order valence-electron chi connectivity index (χ1n) is 4.37. The second kappa shape index (κ2) is 4.07. The lowest BCUT2D eigenvalue weighted by Crippen LogP contribution is -1.93. The number of halogens is 1. The molecule has 4 heteroatoms. The number of aryl methyl sites for hydroxylation is 1. The summed E-state index contributed by atoms with van der Waals surface area (Å²) in [6, 6.07) is 5.78. The molecule has 0 bridgehead atoms. The molecular weight excluding hydrogens is 216 g/mol. The molecule has 0 atom stereocenters. The highest BCUT2D eigenvalue weighted by Gasteiger charge is 2.05.